The first kappa shape index (κ1) is 10.4. The maximum atomic E-state index is 10.9. The molecule has 2 rings (SSSR count). The Morgan fingerprint density at radius 1 is 1.47 bits per heavy atom. The van der Waals surface area contributed by atoms with Crippen LogP contribution in [0.15, 0.2) is 23.4 Å². The molecule has 2 aromatic rings. The molecule has 1 heterocycles. The average Bonchev–Trinajstić information content (AvgIpc) is 2.42. The highest BCUT2D eigenvalue weighted by atomic mass is 35.5. The minimum absolute atomic E-state index is 0.389. The van der Waals surface area contributed by atoms with E-state index in [1.54, 1.807) is 12.1 Å². The molecule has 1 N–H and O–H groups in total. The number of benzene rings is 1. The molecule has 0 saturated heterocycles. The van der Waals surface area contributed by atoms with Gasteiger partial charge in [0.2, 0.25) is 0 Å². The van der Waals surface area contributed by atoms with E-state index in [4.69, 9.17) is 16.2 Å². The molecule has 0 aliphatic carbocycles. The minimum atomic E-state index is -4.30. The normalized spacial score (nSPS) is 12.2. The Kier molecular flexibility index (Phi) is 2.22. The molecular formula is C8H7ClN2O3S. The Labute approximate surface area is 91.0 Å². The lowest BCUT2D eigenvalue weighted by molar-refractivity contribution is 0.470. The molecule has 0 fully saturated rings. The molecule has 80 valence electrons. The van der Waals surface area contributed by atoms with Gasteiger partial charge in [0.05, 0.1) is 11.0 Å². The van der Waals surface area contributed by atoms with Gasteiger partial charge in [-0.25, -0.2) is 4.98 Å². The number of aryl methyl sites for hydroxylation is 1. The fourth-order valence-corrected chi connectivity index (χ4v) is 2.21. The van der Waals surface area contributed by atoms with Crippen LogP contribution in [0.25, 0.3) is 11.0 Å². The summed E-state index contributed by atoms with van der Waals surface area (Å²) in [5.41, 5.74) is 1.02. The van der Waals surface area contributed by atoms with E-state index >= 15 is 0 Å². The first-order chi connectivity index (χ1) is 6.89. The predicted octanol–water partition coefficient (Wildman–Crippen LogP) is 1.47. The van der Waals surface area contributed by atoms with E-state index in [9.17, 15) is 8.42 Å². The van der Waals surface area contributed by atoms with Crippen molar-refractivity contribution in [3.8, 4) is 0 Å². The highest BCUT2D eigenvalue weighted by Crippen LogP contribution is 2.21. The molecule has 0 aliphatic rings. The summed E-state index contributed by atoms with van der Waals surface area (Å²) in [7, 11) is -2.79. The maximum Gasteiger partial charge on any atom is 0.328 e. The van der Waals surface area contributed by atoms with Crippen molar-refractivity contribution in [3.05, 3.63) is 23.2 Å². The van der Waals surface area contributed by atoms with Crippen molar-refractivity contribution in [1.29, 1.82) is 0 Å². The second kappa shape index (κ2) is 3.19. The van der Waals surface area contributed by atoms with Gasteiger partial charge in [-0.1, -0.05) is 11.6 Å². The van der Waals surface area contributed by atoms with Crippen LogP contribution in [0, 0.1) is 0 Å². The van der Waals surface area contributed by atoms with Crippen molar-refractivity contribution in [2.75, 3.05) is 0 Å². The Hall–Kier alpha value is -1.11. The topological polar surface area (TPSA) is 72.2 Å². The number of nitrogens with zero attached hydrogens (tertiary/aromatic N) is 2. The van der Waals surface area contributed by atoms with Gasteiger partial charge in [0.15, 0.2) is 0 Å². The minimum Gasteiger partial charge on any atom is -0.316 e. The lowest BCUT2D eigenvalue weighted by Gasteiger charge is -1.97. The van der Waals surface area contributed by atoms with E-state index in [1.807, 2.05) is 0 Å². The standard InChI is InChI=1S/C8H7ClN2O3S/c1-11-7-3-2-5(9)4-6(7)10-8(11)15(12,13)14/h2-4H,1H3,(H,12,13,14). The number of halogens is 1. The van der Waals surface area contributed by atoms with Gasteiger partial charge < -0.3 is 4.57 Å². The molecule has 0 amide bonds. The molecule has 0 unspecified atom stereocenters. The molecule has 7 heteroatoms. The highest BCUT2D eigenvalue weighted by Gasteiger charge is 2.18. The largest absolute Gasteiger partial charge is 0.328 e. The molecule has 0 saturated carbocycles. The van der Waals surface area contributed by atoms with Crippen LogP contribution in [-0.2, 0) is 17.2 Å². The van der Waals surface area contributed by atoms with Crippen molar-refractivity contribution in [2.45, 2.75) is 5.16 Å². The number of imidazole rings is 1. The molecule has 15 heavy (non-hydrogen) atoms. The zero-order valence-electron chi connectivity index (χ0n) is 7.68. The quantitative estimate of drug-likeness (QED) is 0.774. The van der Waals surface area contributed by atoms with Gasteiger partial charge in [-0.15, -0.1) is 0 Å². The summed E-state index contributed by atoms with van der Waals surface area (Å²) in [4.78, 5) is 3.78. The van der Waals surface area contributed by atoms with Crippen LogP contribution in [0.2, 0.25) is 5.02 Å². The van der Waals surface area contributed by atoms with E-state index in [2.05, 4.69) is 4.98 Å². The van der Waals surface area contributed by atoms with Gasteiger partial charge in [0, 0.05) is 12.1 Å². The van der Waals surface area contributed by atoms with Crippen LogP contribution in [0.4, 0.5) is 0 Å². The van der Waals surface area contributed by atoms with E-state index in [0.29, 0.717) is 16.1 Å². The van der Waals surface area contributed by atoms with Gasteiger partial charge in [0.1, 0.15) is 0 Å². The van der Waals surface area contributed by atoms with Gasteiger partial charge in [-0.3, -0.25) is 4.55 Å². The first-order valence-electron chi connectivity index (χ1n) is 3.99. The third-order valence-corrected chi connectivity index (χ3v) is 3.09. The Balaban J connectivity index is 2.87. The summed E-state index contributed by atoms with van der Waals surface area (Å²) in [6, 6.07) is 4.80. The van der Waals surface area contributed by atoms with Crippen LogP contribution >= 0.6 is 11.6 Å². The third kappa shape index (κ3) is 1.71. The molecule has 0 bridgehead atoms. The molecule has 1 aromatic carbocycles. The van der Waals surface area contributed by atoms with E-state index in [0.717, 1.165) is 0 Å². The molecular weight excluding hydrogens is 240 g/mol. The van der Waals surface area contributed by atoms with Crippen LogP contribution in [0.1, 0.15) is 0 Å². The number of hydrogen-bond acceptors (Lipinski definition) is 3. The average molecular weight is 247 g/mol. The van der Waals surface area contributed by atoms with Crippen molar-refractivity contribution in [1.82, 2.24) is 9.55 Å². The number of fused-ring (bicyclic) bond motifs is 1. The summed E-state index contributed by atoms with van der Waals surface area (Å²) in [6.07, 6.45) is 0. The maximum absolute atomic E-state index is 10.9. The SMILES string of the molecule is Cn1c(S(=O)(=O)O)nc2cc(Cl)ccc21. The summed E-state index contributed by atoms with van der Waals surface area (Å²) >= 11 is 5.73. The monoisotopic (exact) mass is 246 g/mol. The molecule has 1 aromatic heterocycles. The molecule has 0 aliphatic heterocycles. The number of aromatic nitrogens is 2. The zero-order chi connectivity index (χ0) is 11.2. The molecule has 0 radical (unpaired) electrons. The Morgan fingerprint density at radius 3 is 2.73 bits per heavy atom. The van der Waals surface area contributed by atoms with Crippen LogP contribution in [0.5, 0.6) is 0 Å². The van der Waals surface area contributed by atoms with Gasteiger partial charge in [-0.2, -0.15) is 8.42 Å². The van der Waals surface area contributed by atoms with Crippen molar-refractivity contribution in [3.63, 3.8) is 0 Å². The van der Waals surface area contributed by atoms with Gasteiger partial charge in [-0.05, 0) is 18.2 Å². The summed E-state index contributed by atoms with van der Waals surface area (Å²) in [5, 5.41) is 0.0715. The van der Waals surface area contributed by atoms with Crippen molar-refractivity contribution < 1.29 is 13.0 Å². The lowest BCUT2D eigenvalue weighted by atomic mass is 10.3. The fraction of sp³-hybridized carbons (Fsp3) is 0.125. The first-order valence-corrected chi connectivity index (χ1v) is 5.81. The summed E-state index contributed by atoms with van der Waals surface area (Å²) in [5.74, 6) is 0. The van der Waals surface area contributed by atoms with Crippen molar-refractivity contribution >= 4 is 32.8 Å². The highest BCUT2D eigenvalue weighted by molar-refractivity contribution is 7.85. The second-order valence-corrected chi connectivity index (χ2v) is 4.81. The molecule has 5 nitrogen and oxygen atoms in total. The molecule has 0 atom stereocenters. The number of rotatable bonds is 1. The summed E-state index contributed by atoms with van der Waals surface area (Å²) < 4.78 is 32.1. The molecule has 0 spiro atoms. The summed E-state index contributed by atoms with van der Waals surface area (Å²) in [6.45, 7) is 0. The van der Waals surface area contributed by atoms with Crippen LogP contribution < -0.4 is 0 Å². The van der Waals surface area contributed by atoms with Gasteiger partial charge in [0.25, 0.3) is 5.16 Å². The van der Waals surface area contributed by atoms with E-state index in [-0.39, 0.29) is 5.16 Å². The van der Waals surface area contributed by atoms with Crippen LogP contribution in [-0.4, -0.2) is 22.5 Å². The lowest BCUT2D eigenvalue weighted by Crippen LogP contribution is -2.06. The van der Waals surface area contributed by atoms with Gasteiger partial charge >= 0.3 is 10.1 Å². The smallest absolute Gasteiger partial charge is 0.316 e. The fourth-order valence-electron chi connectivity index (χ4n) is 1.38. The Morgan fingerprint density at radius 2 is 2.13 bits per heavy atom. The predicted molar refractivity (Wildman–Crippen MR) is 55.5 cm³/mol. The van der Waals surface area contributed by atoms with E-state index < -0.39 is 10.1 Å². The zero-order valence-corrected chi connectivity index (χ0v) is 9.25. The third-order valence-electron chi connectivity index (χ3n) is 2.03. The van der Waals surface area contributed by atoms with Crippen LogP contribution in [0.3, 0.4) is 0 Å². The second-order valence-electron chi connectivity index (χ2n) is 3.06. The Bertz CT molecular complexity index is 633. The van der Waals surface area contributed by atoms with Crippen molar-refractivity contribution in [2.24, 2.45) is 7.05 Å². The number of hydrogen-bond donors (Lipinski definition) is 1. The van der Waals surface area contributed by atoms with E-state index in [1.165, 1.54) is 17.7 Å².